The molecular weight excluding hydrogens is 180 g/mol. The molecule has 0 unspecified atom stereocenters. The summed E-state index contributed by atoms with van der Waals surface area (Å²) in [6.45, 7) is 3.27. The highest BCUT2D eigenvalue weighted by molar-refractivity contribution is 5.76. The summed E-state index contributed by atoms with van der Waals surface area (Å²) >= 11 is 0. The molecule has 5 heteroatoms. The topological polar surface area (TPSA) is 93.5 Å². The van der Waals surface area contributed by atoms with E-state index in [0.717, 1.165) is 19.3 Å². The molecule has 0 aromatic carbocycles. The molecule has 0 bridgehead atoms. The highest BCUT2D eigenvalue weighted by Gasteiger charge is 1.97. The van der Waals surface area contributed by atoms with Crippen LogP contribution < -0.4 is 16.8 Å². The molecule has 0 aliphatic carbocycles. The highest BCUT2D eigenvalue weighted by Crippen LogP contribution is 1.99. The zero-order valence-corrected chi connectivity index (χ0v) is 8.75. The lowest BCUT2D eigenvalue weighted by Crippen LogP contribution is -2.23. The van der Waals surface area contributed by atoms with Crippen molar-refractivity contribution in [3.05, 3.63) is 0 Å². The van der Waals surface area contributed by atoms with Crippen molar-refractivity contribution in [3.63, 3.8) is 0 Å². The van der Waals surface area contributed by atoms with Crippen LogP contribution >= 0.6 is 0 Å². The Morgan fingerprint density at radius 2 is 2.00 bits per heavy atom. The van der Waals surface area contributed by atoms with Gasteiger partial charge in [-0.25, -0.2) is 0 Å². The summed E-state index contributed by atoms with van der Waals surface area (Å²) in [6.07, 6.45) is 3.40. The van der Waals surface area contributed by atoms with Gasteiger partial charge in [0, 0.05) is 19.5 Å². The molecule has 1 amide bonds. The molecule has 0 aromatic heterocycles. The lowest BCUT2D eigenvalue weighted by atomic mass is 10.2. The predicted octanol–water partition coefficient (Wildman–Crippen LogP) is -0.0437. The summed E-state index contributed by atoms with van der Waals surface area (Å²) in [5.74, 6) is 0.253. The van der Waals surface area contributed by atoms with E-state index in [0.29, 0.717) is 19.5 Å². The lowest BCUT2D eigenvalue weighted by Gasteiger charge is -2.01. The standard InChI is InChI=1S/C9H20N4O/c1-2-12-8(14)6-4-3-5-7-13-9(10)11/h2-7H2,1H3,(H,12,14)(H4,10,11,13). The Hall–Kier alpha value is -1.26. The molecule has 14 heavy (non-hydrogen) atoms. The summed E-state index contributed by atoms with van der Waals surface area (Å²) < 4.78 is 0. The van der Waals surface area contributed by atoms with Gasteiger partial charge in [0.15, 0.2) is 5.96 Å². The first kappa shape index (κ1) is 12.7. The molecule has 0 radical (unpaired) electrons. The number of amides is 1. The first-order chi connectivity index (χ1) is 6.66. The number of hydrogen-bond acceptors (Lipinski definition) is 2. The number of nitrogens with one attached hydrogen (secondary N) is 1. The number of carbonyl (C=O) groups is 1. The predicted molar refractivity (Wildman–Crippen MR) is 57.8 cm³/mol. The van der Waals surface area contributed by atoms with Gasteiger partial charge >= 0.3 is 0 Å². The van der Waals surface area contributed by atoms with Gasteiger partial charge in [0.05, 0.1) is 0 Å². The Labute approximate surface area is 84.9 Å². The van der Waals surface area contributed by atoms with Gasteiger partial charge in [-0.05, 0) is 19.8 Å². The van der Waals surface area contributed by atoms with E-state index in [9.17, 15) is 4.79 Å². The second-order valence-electron chi connectivity index (χ2n) is 3.07. The average molecular weight is 200 g/mol. The van der Waals surface area contributed by atoms with E-state index in [2.05, 4.69) is 10.3 Å². The monoisotopic (exact) mass is 200 g/mol. The highest BCUT2D eigenvalue weighted by atomic mass is 16.1. The van der Waals surface area contributed by atoms with Gasteiger partial charge in [0.2, 0.25) is 5.91 Å². The van der Waals surface area contributed by atoms with Gasteiger partial charge < -0.3 is 16.8 Å². The van der Waals surface area contributed by atoms with Gasteiger partial charge in [-0.3, -0.25) is 9.79 Å². The molecule has 82 valence electrons. The Morgan fingerprint density at radius 1 is 1.29 bits per heavy atom. The van der Waals surface area contributed by atoms with Crippen molar-refractivity contribution in [2.24, 2.45) is 16.5 Å². The van der Waals surface area contributed by atoms with Gasteiger partial charge in [-0.2, -0.15) is 0 Å². The molecule has 0 rings (SSSR count). The second kappa shape index (κ2) is 8.34. The summed E-state index contributed by atoms with van der Waals surface area (Å²) in [5.41, 5.74) is 10.3. The van der Waals surface area contributed by atoms with Gasteiger partial charge in [0.25, 0.3) is 0 Å². The fraction of sp³-hybridized carbons (Fsp3) is 0.778. The minimum atomic E-state index is 0.120. The summed E-state index contributed by atoms with van der Waals surface area (Å²) in [7, 11) is 0. The zero-order chi connectivity index (χ0) is 10.8. The van der Waals surface area contributed by atoms with Crippen LogP contribution in [-0.2, 0) is 4.79 Å². The van der Waals surface area contributed by atoms with Crippen LogP contribution in [0.3, 0.4) is 0 Å². The Bertz CT molecular complexity index is 187. The van der Waals surface area contributed by atoms with Crippen molar-refractivity contribution in [2.45, 2.75) is 32.6 Å². The number of carbonyl (C=O) groups excluding carboxylic acids is 1. The Morgan fingerprint density at radius 3 is 2.57 bits per heavy atom. The van der Waals surface area contributed by atoms with Crippen molar-refractivity contribution < 1.29 is 4.79 Å². The van der Waals surface area contributed by atoms with E-state index < -0.39 is 0 Å². The Kier molecular flexibility index (Phi) is 7.59. The third kappa shape index (κ3) is 8.83. The molecule has 0 atom stereocenters. The SMILES string of the molecule is CCNC(=O)CCCCCN=C(N)N. The van der Waals surface area contributed by atoms with Crippen molar-refractivity contribution in [3.8, 4) is 0 Å². The summed E-state index contributed by atoms with van der Waals surface area (Å²) in [5, 5.41) is 2.75. The zero-order valence-electron chi connectivity index (χ0n) is 8.75. The minimum Gasteiger partial charge on any atom is -0.370 e. The van der Waals surface area contributed by atoms with Crippen LogP contribution in [0.1, 0.15) is 32.6 Å². The number of hydrogen-bond donors (Lipinski definition) is 3. The number of unbranched alkanes of at least 4 members (excludes halogenated alkanes) is 2. The largest absolute Gasteiger partial charge is 0.370 e. The molecule has 5 nitrogen and oxygen atoms in total. The quantitative estimate of drug-likeness (QED) is 0.306. The first-order valence-electron chi connectivity index (χ1n) is 4.99. The van der Waals surface area contributed by atoms with E-state index in [1.54, 1.807) is 0 Å². The molecule has 0 aromatic rings. The minimum absolute atomic E-state index is 0.120. The van der Waals surface area contributed by atoms with Crippen LogP contribution in [0, 0.1) is 0 Å². The molecular formula is C9H20N4O. The maximum Gasteiger partial charge on any atom is 0.219 e. The van der Waals surface area contributed by atoms with Crippen LogP contribution in [0.5, 0.6) is 0 Å². The third-order valence-electron chi connectivity index (χ3n) is 1.73. The molecule has 0 heterocycles. The maximum absolute atomic E-state index is 11.0. The van der Waals surface area contributed by atoms with Crippen LogP contribution in [0.25, 0.3) is 0 Å². The number of guanidine groups is 1. The Balaban J connectivity index is 3.21. The van der Waals surface area contributed by atoms with Crippen LogP contribution in [0.15, 0.2) is 4.99 Å². The maximum atomic E-state index is 11.0. The van der Waals surface area contributed by atoms with Crippen molar-refractivity contribution in [2.75, 3.05) is 13.1 Å². The fourth-order valence-corrected chi connectivity index (χ4v) is 1.07. The van der Waals surface area contributed by atoms with Crippen molar-refractivity contribution >= 4 is 11.9 Å². The van der Waals surface area contributed by atoms with Crippen LogP contribution in [0.2, 0.25) is 0 Å². The van der Waals surface area contributed by atoms with Crippen LogP contribution in [-0.4, -0.2) is 25.0 Å². The van der Waals surface area contributed by atoms with Gasteiger partial charge in [0.1, 0.15) is 0 Å². The summed E-state index contributed by atoms with van der Waals surface area (Å²) in [6, 6.07) is 0. The third-order valence-corrected chi connectivity index (χ3v) is 1.73. The molecule has 0 saturated carbocycles. The molecule has 0 saturated heterocycles. The molecule has 0 aliphatic rings. The average Bonchev–Trinajstić information content (AvgIpc) is 2.11. The molecule has 0 fully saturated rings. The van der Waals surface area contributed by atoms with Gasteiger partial charge in [-0.1, -0.05) is 6.42 Å². The van der Waals surface area contributed by atoms with E-state index in [1.807, 2.05) is 6.92 Å². The van der Waals surface area contributed by atoms with Crippen molar-refractivity contribution in [1.82, 2.24) is 5.32 Å². The first-order valence-corrected chi connectivity index (χ1v) is 4.99. The number of nitrogens with zero attached hydrogens (tertiary/aromatic N) is 1. The number of aliphatic imine (C=N–C) groups is 1. The molecule has 0 aliphatic heterocycles. The normalized spacial score (nSPS) is 9.50. The van der Waals surface area contributed by atoms with Gasteiger partial charge in [-0.15, -0.1) is 0 Å². The van der Waals surface area contributed by atoms with E-state index >= 15 is 0 Å². The fourth-order valence-electron chi connectivity index (χ4n) is 1.07. The molecule has 0 spiro atoms. The van der Waals surface area contributed by atoms with Crippen molar-refractivity contribution in [1.29, 1.82) is 0 Å². The number of nitrogens with two attached hydrogens (primary N) is 2. The smallest absolute Gasteiger partial charge is 0.219 e. The number of rotatable bonds is 7. The lowest BCUT2D eigenvalue weighted by molar-refractivity contribution is -0.121. The van der Waals surface area contributed by atoms with E-state index in [1.165, 1.54) is 0 Å². The van der Waals surface area contributed by atoms with E-state index in [-0.39, 0.29) is 11.9 Å². The van der Waals surface area contributed by atoms with E-state index in [4.69, 9.17) is 11.5 Å². The summed E-state index contributed by atoms with van der Waals surface area (Å²) in [4.78, 5) is 14.9. The second-order valence-corrected chi connectivity index (χ2v) is 3.07. The van der Waals surface area contributed by atoms with Crippen LogP contribution in [0.4, 0.5) is 0 Å². The molecule has 5 N–H and O–H groups in total.